The van der Waals surface area contributed by atoms with Crippen molar-refractivity contribution in [3.05, 3.63) is 47.5 Å². The summed E-state index contributed by atoms with van der Waals surface area (Å²) in [7, 11) is 1.63. The molecular weight excluding hydrogens is 200 g/mol. The van der Waals surface area contributed by atoms with Gasteiger partial charge in [-0.15, -0.1) is 0 Å². The molecule has 3 heteroatoms. The summed E-state index contributed by atoms with van der Waals surface area (Å²) in [4.78, 5) is 11.3. The third-order valence-electron chi connectivity index (χ3n) is 2.20. The van der Waals surface area contributed by atoms with Crippen LogP contribution in [0.25, 0.3) is 0 Å². The number of hydrogen-bond acceptors (Lipinski definition) is 2. The Balaban J connectivity index is 2.51. The zero-order chi connectivity index (χ0) is 12.0. The average molecular weight is 218 g/mol. The first-order chi connectivity index (χ1) is 7.63. The smallest absolute Gasteiger partial charge is 0.251 e. The van der Waals surface area contributed by atoms with E-state index in [0.717, 1.165) is 24.2 Å². The number of benzene rings is 1. The van der Waals surface area contributed by atoms with Crippen molar-refractivity contribution in [2.45, 2.75) is 13.5 Å². The minimum atomic E-state index is -0.0542. The number of carbonyl (C=O) groups excluding carboxylic acids is 1. The highest BCUT2D eigenvalue weighted by molar-refractivity contribution is 5.93. The minimum Gasteiger partial charge on any atom is -0.355 e. The molecule has 0 heterocycles. The van der Waals surface area contributed by atoms with Crippen LogP contribution in [-0.2, 0) is 6.54 Å². The summed E-state index contributed by atoms with van der Waals surface area (Å²) in [5.74, 6) is -0.0542. The highest BCUT2D eigenvalue weighted by Crippen LogP contribution is 2.04. The van der Waals surface area contributed by atoms with E-state index < -0.39 is 0 Å². The maximum atomic E-state index is 11.3. The van der Waals surface area contributed by atoms with E-state index in [-0.39, 0.29) is 5.91 Å². The molecule has 2 N–H and O–H groups in total. The van der Waals surface area contributed by atoms with Gasteiger partial charge in [-0.1, -0.05) is 24.3 Å². The molecule has 0 unspecified atom stereocenters. The molecule has 86 valence electrons. The molecule has 0 radical (unpaired) electrons. The lowest BCUT2D eigenvalue weighted by Gasteiger charge is -2.05. The van der Waals surface area contributed by atoms with E-state index in [9.17, 15) is 4.79 Å². The molecule has 0 saturated heterocycles. The Bertz CT molecular complexity index is 368. The van der Waals surface area contributed by atoms with E-state index in [0.29, 0.717) is 5.56 Å². The van der Waals surface area contributed by atoms with E-state index in [1.165, 1.54) is 0 Å². The lowest BCUT2D eigenvalue weighted by Crippen LogP contribution is -2.18. The van der Waals surface area contributed by atoms with Crippen molar-refractivity contribution in [2.75, 3.05) is 13.6 Å². The van der Waals surface area contributed by atoms with Crippen LogP contribution in [0.5, 0.6) is 0 Å². The van der Waals surface area contributed by atoms with Gasteiger partial charge in [0, 0.05) is 25.7 Å². The first-order valence-electron chi connectivity index (χ1n) is 5.29. The van der Waals surface area contributed by atoms with Crippen molar-refractivity contribution in [1.29, 1.82) is 0 Å². The van der Waals surface area contributed by atoms with Gasteiger partial charge >= 0.3 is 0 Å². The molecule has 0 spiro atoms. The Morgan fingerprint density at radius 1 is 1.31 bits per heavy atom. The second-order valence-corrected chi connectivity index (χ2v) is 3.84. The van der Waals surface area contributed by atoms with Gasteiger partial charge in [-0.3, -0.25) is 4.79 Å². The Morgan fingerprint density at radius 2 is 1.94 bits per heavy atom. The Morgan fingerprint density at radius 3 is 2.44 bits per heavy atom. The molecule has 0 aromatic heterocycles. The summed E-state index contributed by atoms with van der Waals surface area (Å²) in [6.07, 6.45) is 0. The molecule has 1 amide bonds. The standard InChI is InChI=1S/C13H18N2O/c1-10(2)8-15-9-11-4-6-12(7-5-11)13(16)14-3/h4-7,15H,1,8-9H2,2-3H3,(H,14,16). The van der Waals surface area contributed by atoms with Gasteiger partial charge < -0.3 is 10.6 Å². The lowest BCUT2D eigenvalue weighted by atomic mass is 10.1. The Kier molecular flexibility index (Phi) is 4.73. The van der Waals surface area contributed by atoms with E-state index in [1.54, 1.807) is 7.05 Å². The Labute approximate surface area is 96.6 Å². The third-order valence-corrected chi connectivity index (χ3v) is 2.20. The summed E-state index contributed by atoms with van der Waals surface area (Å²) in [6, 6.07) is 7.57. The second-order valence-electron chi connectivity index (χ2n) is 3.84. The van der Waals surface area contributed by atoms with E-state index in [2.05, 4.69) is 17.2 Å². The fourth-order valence-electron chi connectivity index (χ4n) is 1.34. The average Bonchev–Trinajstić information content (AvgIpc) is 2.28. The van der Waals surface area contributed by atoms with Crippen LogP contribution in [0.3, 0.4) is 0 Å². The predicted molar refractivity (Wildman–Crippen MR) is 66.4 cm³/mol. The van der Waals surface area contributed by atoms with Crippen LogP contribution >= 0.6 is 0 Å². The molecule has 0 bridgehead atoms. The van der Waals surface area contributed by atoms with Gasteiger partial charge in [-0.05, 0) is 24.6 Å². The second kappa shape index (κ2) is 6.08. The summed E-state index contributed by atoms with van der Waals surface area (Å²) in [6.45, 7) is 7.42. The van der Waals surface area contributed by atoms with Crippen molar-refractivity contribution in [2.24, 2.45) is 0 Å². The first-order valence-corrected chi connectivity index (χ1v) is 5.29. The molecule has 1 aromatic carbocycles. The van der Waals surface area contributed by atoms with Crippen LogP contribution in [0.4, 0.5) is 0 Å². The van der Waals surface area contributed by atoms with E-state index >= 15 is 0 Å². The molecule has 1 aromatic rings. The third kappa shape index (κ3) is 3.87. The van der Waals surface area contributed by atoms with Crippen LogP contribution in [-0.4, -0.2) is 19.5 Å². The maximum absolute atomic E-state index is 11.3. The number of rotatable bonds is 5. The molecular formula is C13H18N2O. The van der Waals surface area contributed by atoms with Gasteiger partial charge in [0.05, 0.1) is 0 Å². The topological polar surface area (TPSA) is 41.1 Å². The summed E-state index contributed by atoms with van der Waals surface area (Å²) >= 11 is 0. The van der Waals surface area contributed by atoms with Crippen molar-refractivity contribution in [3.63, 3.8) is 0 Å². The molecule has 0 aliphatic rings. The number of carbonyl (C=O) groups is 1. The van der Waals surface area contributed by atoms with Gasteiger partial charge in [-0.2, -0.15) is 0 Å². The highest BCUT2D eigenvalue weighted by Gasteiger charge is 2.01. The van der Waals surface area contributed by atoms with Gasteiger partial charge in [0.15, 0.2) is 0 Å². The van der Waals surface area contributed by atoms with Gasteiger partial charge in [-0.25, -0.2) is 0 Å². The molecule has 3 nitrogen and oxygen atoms in total. The van der Waals surface area contributed by atoms with Crippen LogP contribution < -0.4 is 10.6 Å². The van der Waals surface area contributed by atoms with Crippen molar-refractivity contribution >= 4 is 5.91 Å². The van der Waals surface area contributed by atoms with Crippen LogP contribution in [0.15, 0.2) is 36.4 Å². The summed E-state index contributed by atoms with van der Waals surface area (Å²) in [5.41, 5.74) is 2.96. The molecule has 1 rings (SSSR count). The number of hydrogen-bond donors (Lipinski definition) is 2. The van der Waals surface area contributed by atoms with Crippen LogP contribution in [0.2, 0.25) is 0 Å². The monoisotopic (exact) mass is 218 g/mol. The lowest BCUT2D eigenvalue weighted by molar-refractivity contribution is 0.0963. The molecule has 0 fully saturated rings. The highest BCUT2D eigenvalue weighted by atomic mass is 16.1. The van der Waals surface area contributed by atoms with Crippen LogP contribution in [0.1, 0.15) is 22.8 Å². The zero-order valence-electron chi connectivity index (χ0n) is 9.84. The fraction of sp³-hybridized carbons (Fsp3) is 0.308. The normalized spacial score (nSPS) is 9.88. The van der Waals surface area contributed by atoms with E-state index in [4.69, 9.17) is 0 Å². The SMILES string of the molecule is C=C(C)CNCc1ccc(C(=O)NC)cc1. The van der Waals surface area contributed by atoms with Gasteiger partial charge in [0.1, 0.15) is 0 Å². The first kappa shape index (κ1) is 12.5. The summed E-state index contributed by atoms with van der Waals surface area (Å²) in [5, 5.41) is 5.86. The molecule has 16 heavy (non-hydrogen) atoms. The fourth-order valence-corrected chi connectivity index (χ4v) is 1.34. The minimum absolute atomic E-state index is 0.0542. The number of amides is 1. The predicted octanol–water partition coefficient (Wildman–Crippen LogP) is 1.71. The van der Waals surface area contributed by atoms with Crippen molar-refractivity contribution in [1.82, 2.24) is 10.6 Å². The van der Waals surface area contributed by atoms with Crippen molar-refractivity contribution < 1.29 is 4.79 Å². The van der Waals surface area contributed by atoms with Crippen molar-refractivity contribution in [3.8, 4) is 0 Å². The molecule has 0 aliphatic heterocycles. The summed E-state index contributed by atoms with van der Waals surface area (Å²) < 4.78 is 0. The Hall–Kier alpha value is -1.61. The molecule has 0 saturated carbocycles. The zero-order valence-corrected chi connectivity index (χ0v) is 9.84. The van der Waals surface area contributed by atoms with Crippen LogP contribution in [0, 0.1) is 0 Å². The largest absolute Gasteiger partial charge is 0.355 e. The molecule has 0 atom stereocenters. The quantitative estimate of drug-likeness (QED) is 0.739. The maximum Gasteiger partial charge on any atom is 0.251 e. The van der Waals surface area contributed by atoms with Gasteiger partial charge in [0.2, 0.25) is 0 Å². The van der Waals surface area contributed by atoms with Gasteiger partial charge in [0.25, 0.3) is 5.91 Å². The van der Waals surface area contributed by atoms with E-state index in [1.807, 2.05) is 31.2 Å². The molecule has 0 aliphatic carbocycles. The number of nitrogens with one attached hydrogen (secondary N) is 2.